The van der Waals surface area contributed by atoms with Gasteiger partial charge in [0.2, 0.25) is 5.91 Å². The predicted molar refractivity (Wildman–Crippen MR) is 117 cm³/mol. The van der Waals surface area contributed by atoms with Crippen LogP contribution in [0.3, 0.4) is 0 Å². The van der Waals surface area contributed by atoms with Crippen molar-refractivity contribution in [2.75, 3.05) is 34.3 Å². The Hall–Kier alpha value is -2.18. The number of hydrogen-bond donors (Lipinski definition) is 1. The van der Waals surface area contributed by atoms with Crippen LogP contribution < -0.4 is 10.1 Å². The van der Waals surface area contributed by atoms with Gasteiger partial charge >= 0.3 is 0 Å². The van der Waals surface area contributed by atoms with Crippen molar-refractivity contribution in [3.8, 4) is 5.75 Å². The monoisotopic (exact) mass is 401 g/mol. The van der Waals surface area contributed by atoms with Crippen molar-refractivity contribution in [2.45, 2.75) is 50.7 Å². The van der Waals surface area contributed by atoms with E-state index in [2.05, 4.69) is 23.8 Å². The minimum atomic E-state index is -0.358. The smallest absolute Gasteiger partial charge is 0.237 e. The van der Waals surface area contributed by atoms with Crippen molar-refractivity contribution in [1.29, 1.82) is 0 Å². The molecule has 1 heterocycles. The molecule has 6 heteroatoms. The Kier molecular flexibility index (Phi) is 9.35. The van der Waals surface area contributed by atoms with Crippen LogP contribution >= 0.6 is 0 Å². The van der Waals surface area contributed by atoms with E-state index < -0.39 is 0 Å². The molecule has 0 bridgehead atoms. The number of hydrogen-bond acceptors (Lipinski definition) is 5. The number of amides is 1. The van der Waals surface area contributed by atoms with Gasteiger partial charge in [0.25, 0.3) is 0 Å². The first-order valence-corrected chi connectivity index (χ1v) is 10.4. The highest BCUT2D eigenvalue weighted by Crippen LogP contribution is 2.23. The molecule has 2 unspecified atom stereocenters. The van der Waals surface area contributed by atoms with Gasteiger partial charge in [-0.25, -0.2) is 0 Å². The molecule has 1 amide bonds. The molecule has 1 aromatic carbocycles. The molecule has 160 valence electrons. The minimum Gasteiger partial charge on any atom is -0.492 e. The van der Waals surface area contributed by atoms with E-state index in [4.69, 9.17) is 4.74 Å². The summed E-state index contributed by atoms with van der Waals surface area (Å²) in [5, 5.41) is 2.70. The summed E-state index contributed by atoms with van der Waals surface area (Å²) in [5.74, 6) is 0.754. The molecule has 0 aliphatic carbocycles. The number of likely N-dealkylation sites (N-methyl/N-ethyl adjacent to an activating group) is 3. The minimum absolute atomic E-state index is 0.0813. The van der Waals surface area contributed by atoms with Gasteiger partial charge in [-0.3, -0.25) is 9.69 Å². The van der Waals surface area contributed by atoms with E-state index in [1.165, 1.54) is 19.3 Å². The van der Waals surface area contributed by atoms with Gasteiger partial charge in [0.05, 0.1) is 6.04 Å². The second kappa shape index (κ2) is 11.7. The summed E-state index contributed by atoms with van der Waals surface area (Å²) in [7, 11) is 5.69. The summed E-state index contributed by atoms with van der Waals surface area (Å²) in [5.41, 5.74) is 2.07. The van der Waals surface area contributed by atoms with Crippen molar-refractivity contribution in [3.05, 3.63) is 35.9 Å². The van der Waals surface area contributed by atoms with Gasteiger partial charge in [-0.2, -0.15) is 0 Å². The lowest BCUT2D eigenvalue weighted by molar-refractivity contribution is -0.126. The lowest BCUT2D eigenvalue weighted by Gasteiger charge is -2.32. The van der Waals surface area contributed by atoms with Crippen LogP contribution in [0.15, 0.2) is 24.8 Å². The lowest BCUT2D eigenvalue weighted by atomic mass is 10.0. The quantitative estimate of drug-likeness (QED) is 0.578. The molecule has 1 saturated heterocycles. The number of rotatable bonds is 11. The van der Waals surface area contributed by atoms with E-state index in [9.17, 15) is 9.59 Å². The number of ether oxygens (including phenoxy) is 1. The Labute approximate surface area is 174 Å². The van der Waals surface area contributed by atoms with Crippen LogP contribution in [-0.2, 0) is 16.1 Å². The number of nitrogens with one attached hydrogen (secondary N) is 1. The van der Waals surface area contributed by atoms with E-state index in [0.29, 0.717) is 32.0 Å². The van der Waals surface area contributed by atoms with Gasteiger partial charge < -0.3 is 19.7 Å². The van der Waals surface area contributed by atoms with E-state index >= 15 is 0 Å². The topological polar surface area (TPSA) is 61.9 Å². The van der Waals surface area contributed by atoms with E-state index in [0.717, 1.165) is 29.7 Å². The van der Waals surface area contributed by atoms with Crippen molar-refractivity contribution in [1.82, 2.24) is 15.1 Å². The van der Waals surface area contributed by atoms with Crippen molar-refractivity contribution >= 4 is 18.3 Å². The summed E-state index contributed by atoms with van der Waals surface area (Å²) in [6, 6.07) is 6.12. The number of aldehydes is 1. The molecule has 2 atom stereocenters. The SMILES string of the molecule is C=Cc1ccc(OCC2CCCCN2C)cc1CN(C)C(CCC=O)C(=O)NC. The molecule has 1 fully saturated rings. The maximum atomic E-state index is 12.3. The predicted octanol–water partition coefficient (Wildman–Crippen LogP) is 2.72. The Morgan fingerprint density at radius 3 is 2.90 bits per heavy atom. The zero-order valence-corrected chi connectivity index (χ0v) is 18.0. The maximum Gasteiger partial charge on any atom is 0.237 e. The number of carbonyl (C=O) groups is 2. The summed E-state index contributed by atoms with van der Waals surface area (Å²) in [6.45, 7) is 6.29. The zero-order chi connectivity index (χ0) is 21.2. The maximum absolute atomic E-state index is 12.3. The number of piperidine rings is 1. The number of carbonyl (C=O) groups excluding carboxylic acids is 2. The van der Waals surface area contributed by atoms with Gasteiger partial charge in [0.15, 0.2) is 0 Å². The van der Waals surface area contributed by atoms with Gasteiger partial charge in [0.1, 0.15) is 18.6 Å². The third kappa shape index (κ3) is 6.68. The van der Waals surface area contributed by atoms with E-state index in [1.54, 1.807) is 7.05 Å². The first kappa shape index (κ1) is 23.1. The van der Waals surface area contributed by atoms with Crippen LogP contribution in [0.1, 0.15) is 43.2 Å². The van der Waals surface area contributed by atoms with Gasteiger partial charge in [-0.15, -0.1) is 0 Å². The molecule has 1 aliphatic rings. The van der Waals surface area contributed by atoms with Crippen LogP contribution in [-0.4, -0.2) is 68.4 Å². The van der Waals surface area contributed by atoms with Crippen LogP contribution in [0.25, 0.3) is 6.08 Å². The van der Waals surface area contributed by atoms with Crippen LogP contribution in [0, 0.1) is 0 Å². The van der Waals surface area contributed by atoms with Crippen molar-refractivity contribution in [3.63, 3.8) is 0 Å². The van der Waals surface area contributed by atoms with Crippen molar-refractivity contribution in [2.24, 2.45) is 0 Å². The summed E-state index contributed by atoms with van der Waals surface area (Å²) >= 11 is 0. The largest absolute Gasteiger partial charge is 0.492 e. The molecule has 1 N–H and O–H groups in total. The van der Waals surface area contributed by atoms with Gasteiger partial charge in [0, 0.05) is 26.1 Å². The molecule has 0 saturated carbocycles. The third-order valence-corrected chi connectivity index (χ3v) is 5.76. The van der Waals surface area contributed by atoms with E-state index in [-0.39, 0.29) is 11.9 Å². The molecule has 1 aliphatic heterocycles. The van der Waals surface area contributed by atoms with Gasteiger partial charge in [-0.1, -0.05) is 25.1 Å². The first-order valence-electron chi connectivity index (χ1n) is 10.4. The average molecular weight is 402 g/mol. The van der Waals surface area contributed by atoms with Crippen LogP contribution in [0.4, 0.5) is 0 Å². The molecular formula is C23H35N3O3. The Morgan fingerprint density at radius 1 is 1.45 bits per heavy atom. The number of nitrogens with zero attached hydrogens (tertiary/aromatic N) is 2. The molecule has 6 nitrogen and oxygen atoms in total. The number of likely N-dealkylation sites (tertiary alicyclic amines) is 1. The van der Waals surface area contributed by atoms with E-state index in [1.807, 2.05) is 36.2 Å². The van der Waals surface area contributed by atoms with Gasteiger partial charge in [-0.05, 0) is 63.2 Å². The standard InChI is InChI=1S/C23H35N3O3/c1-5-18-11-12-21(29-17-20-9-6-7-13-25(20)3)15-19(18)16-26(4)22(10-8-14-27)23(28)24-2/h5,11-12,14-15,20,22H,1,6-10,13,16-17H2,2-4H3,(H,24,28). The lowest BCUT2D eigenvalue weighted by Crippen LogP contribution is -2.43. The molecule has 0 radical (unpaired) electrons. The van der Waals surface area contributed by atoms with Crippen LogP contribution in [0.2, 0.25) is 0 Å². The molecule has 1 aromatic rings. The van der Waals surface area contributed by atoms with Crippen molar-refractivity contribution < 1.29 is 14.3 Å². The highest BCUT2D eigenvalue weighted by Gasteiger charge is 2.23. The fraction of sp³-hybridized carbons (Fsp3) is 0.565. The molecule has 0 aromatic heterocycles. The summed E-state index contributed by atoms with van der Waals surface area (Å²) in [4.78, 5) is 27.4. The molecular weight excluding hydrogens is 366 g/mol. The van der Waals surface area contributed by atoms with Crippen LogP contribution in [0.5, 0.6) is 5.75 Å². The second-order valence-electron chi connectivity index (χ2n) is 7.80. The fourth-order valence-electron chi connectivity index (χ4n) is 3.88. The summed E-state index contributed by atoms with van der Waals surface area (Å²) < 4.78 is 6.11. The fourth-order valence-corrected chi connectivity index (χ4v) is 3.88. The molecule has 0 spiro atoms. The molecule has 2 rings (SSSR count). The highest BCUT2D eigenvalue weighted by atomic mass is 16.5. The molecule has 29 heavy (non-hydrogen) atoms. The number of benzene rings is 1. The third-order valence-electron chi connectivity index (χ3n) is 5.76. The highest BCUT2D eigenvalue weighted by molar-refractivity contribution is 5.81. The average Bonchev–Trinajstić information content (AvgIpc) is 2.73. The Bertz CT molecular complexity index is 692. The Balaban J connectivity index is 2.09. The zero-order valence-electron chi connectivity index (χ0n) is 18.0. The second-order valence-corrected chi connectivity index (χ2v) is 7.80. The normalized spacial score (nSPS) is 18.3. The Morgan fingerprint density at radius 2 is 2.24 bits per heavy atom. The first-order chi connectivity index (χ1) is 14.0. The summed E-state index contributed by atoms with van der Waals surface area (Å²) in [6.07, 6.45) is 7.21.